The van der Waals surface area contributed by atoms with Gasteiger partial charge in [-0.15, -0.1) is 0 Å². The van der Waals surface area contributed by atoms with Gasteiger partial charge in [-0.1, -0.05) is 18.1 Å². The van der Waals surface area contributed by atoms with Crippen LogP contribution in [0.3, 0.4) is 0 Å². The average Bonchev–Trinajstić information content (AvgIpc) is 2.36. The summed E-state index contributed by atoms with van der Waals surface area (Å²) < 4.78 is 5.27. The molecule has 0 saturated carbocycles. The van der Waals surface area contributed by atoms with E-state index >= 15 is 0 Å². The van der Waals surface area contributed by atoms with Gasteiger partial charge in [-0.25, -0.2) is 0 Å². The van der Waals surface area contributed by atoms with E-state index < -0.39 is 0 Å². The van der Waals surface area contributed by atoms with Crippen LogP contribution in [0.1, 0.15) is 19.8 Å². The summed E-state index contributed by atoms with van der Waals surface area (Å²) in [6, 6.07) is 6.92. The van der Waals surface area contributed by atoms with Crippen molar-refractivity contribution in [2.75, 3.05) is 11.9 Å². The molecular weight excluding hydrogens is 234 g/mol. The lowest BCUT2D eigenvalue weighted by atomic mass is 10.2. The fraction of sp³-hybridized carbons (Fsp3) is 0.333. The molecule has 0 aliphatic rings. The van der Waals surface area contributed by atoms with E-state index in [0.717, 1.165) is 6.42 Å². The molecule has 98 valence electrons. The molecule has 1 rings (SSSR count). The van der Waals surface area contributed by atoms with E-state index in [2.05, 4.69) is 10.5 Å². The average molecular weight is 251 g/mol. The smallest absolute Gasteiger partial charge is 0.224 e. The molecule has 1 aromatic carbocycles. The van der Waals surface area contributed by atoms with Crippen LogP contribution in [0, 0.1) is 0 Å². The topological polar surface area (TPSA) is 96.9 Å². The number of hydrogen-bond donors (Lipinski definition) is 3. The van der Waals surface area contributed by atoms with Gasteiger partial charge in [0.2, 0.25) is 5.91 Å². The monoisotopic (exact) mass is 251 g/mol. The minimum absolute atomic E-state index is 0.0111. The molecule has 0 fully saturated rings. The predicted molar refractivity (Wildman–Crippen MR) is 68.9 cm³/mol. The van der Waals surface area contributed by atoms with Gasteiger partial charge in [0, 0.05) is 18.2 Å². The van der Waals surface area contributed by atoms with Crippen LogP contribution in [0.5, 0.6) is 5.75 Å². The van der Waals surface area contributed by atoms with E-state index in [4.69, 9.17) is 15.7 Å². The number of nitrogens with two attached hydrogens (primary N) is 1. The van der Waals surface area contributed by atoms with Crippen LogP contribution < -0.4 is 15.8 Å². The standard InChI is InChI=1S/C12H17N3O3/c1-2-4-12(16)14-9-5-3-6-10(7-9)18-8-11(13)15-17/h3,5-7,17H,2,4,8H2,1H3,(H2,13,15)(H,14,16). The van der Waals surface area contributed by atoms with Gasteiger partial charge in [0.15, 0.2) is 5.84 Å². The van der Waals surface area contributed by atoms with Crippen molar-refractivity contribution in [2.24, 2.45) is 10.9 Å². The first-order valence-electron chi connectivity index (χ1n) is 5.64. The Balaban J connectivity index is 2.59. The maximum absolute atomic E-state index is 11.4. The van der Waals surface area contributed by atoms with Crippen molar-refractivity contribution in [2.45, 2.75) is 19.8 Å². The zero-order valence-corrected chi connectivity index (χ0v) is 10.2. The first kappa shape index (κ1) is 13.8. The molecule has 1 aromatic rings. The van der Waals surface area contributed by atoms with E-state index in [1.54, 1.807) is 24.3 Å². The highest BCUT2D eigenvalue weighted by Crippen LogP contribution is 2.17. The number of carbonyl (C=O) groups is 1. The fourth-order valence-electron chi connectivity index (χ4n) is 1.30. The maximum atomic E-state index is 11.4. The second-order valence-corrected chi connectivity index (χ2v) is 3.71. The minimum Gasteiger partial charge on any atom is -0.485 e. The number of ether oxygens (including phenoxy) is 1. The molecule has 18 heavy (non-hydrogen) atoms. The third kappa shape index (κ3) is 4.73. The van der Waals surface area contributed by atoms with Crippen LogP contribution in [-0.2, 0) is 4.79 Å². The molecule has 0 saturated heterocycles. The number of nitrogens with zero attached hydrogens (tertiary/aromatic N) is 1. The van der Waals surface area contributed by atoms with Crippen molar-refractivity contribution in [3.05, 3.63) is 24.3 Å². The summed E-state index contributed by atoms with van der Waals surface area (Å²) >= 11 is 0. The van der Waals surface area contributed by atoms with Gasteiger partial charge >= 0.3 is 0 Å². The van der Waals surface area contributed by atoms with Crippen LogP contribution in [0.2, 0.25) is 0 Å². The van der Waals surface area contributed by atoms with Crippen molar-refractivity contribution >= 4 is 17.4 Å². The Bertz CT molecular complexity index is 432. The number of benzene rings is 1. The normalized spacial score (nSPS) is 11.1. The Hall–Kier alpha value is -2.24. The van der Waals surface area contributed by atoms with Crippen LogP contribution in [0.15, 0.2) is 29.4 Å². The SMILES string of the molecule is CCCC(=O)Nc1cccc(OC/C(N)=N/O)c1. The summed E-state index contributed by atoms with van der Waals surface area (Å²) in [6.07, 6.45) is 1.28. The number of oxime groups is 1. The predicted octanol–water partition coefficient (Wildman–Crippen LogP) is 1.55. The molecule has 0 bridgehead atoms. The maximum Gasteiger partial charge on any atom is 0.224 e. The molecule has 0 aliphatic carbocycles. The van der Waals surface area contributed by atoms with Gasteiger partial charge < -0.3 is 21.0 Å². The second-order valence-electron chi connectivity index (χ2n) is 3.71. The van der Waals surface area contributed by atoms with Gasteiger partial charge in [-0.05, 0) is 18.6 Å². The molecule has 6 nitrogen and oxygen atoms in total. The van der Waals surface area contributed by atoms with Gasteiger partial charge in [0.1, 0.15) is 12.4 Å². The number of amides is 1. The molecule has 6 heteroatoms. The Kier molecular flexibility index (Phi) is 5.50. The summed E-state index contributed by atoms with van der Waals surface area (Å²) in [7, 11) is 0. The number of hydrogen-bond acceptors (Lipinski definition) is 4. The van der Waals surface area contributed by atoms with Crippen LogP contribution >= 0.6 is 0 Å². The third-order valence-electron chi connectivity index (χ3n) is 2.11. The first-order chi connectivity index (χ1) is 8.65. The van der Waals surface area contributed by atoms with E-state index in [-0.39, 0.29) is 18.3 Å². The number of carbonyl (C=O) groups excluding carboxylic acids is 1. The van der Waals surface area contributed by atoms with Crippen molar-refractivity contribution < 1.29 is 14.7 Å². The van der Waals surface area contributed by atoms with Crippen molar-refractivity contribution in [3.8, 4) is 5.75 Å². The molecule has 0 heterocycles. The van der Waals surface area contributed by atoms with Crippen molar-refractivity contribution in [3.63, 3.8) is 0 Å². The summed E-state index contributed by atoms with van der Waals surface area (Å²) in [4.78, 5) is 11.4. The first-order valence-corrected chi connectivity index (χ1v) is 5.64. The quantitative estimate of drug-likeness (QED) is 0.309. The number of rotatable bonds is 6. The Labute approximate surface area is 105 Å². The molecule has 0 spiro atoms. The Morgan fingerprint density at radius 2 is 2.33 bits per heavy atom. The number of amidine groups is 1. The lowest BCUT2D eigenvalue weighted by Crippen LogP contribution is -2.20. The van der Waals surface area contributed by atoms with Gasteiger partial charge in [-0.3, -0.25) is 4.79 Å². The molecule has 0 aliphatic heterocycles. The highest BCUT2D eigenvalue weighted by atomic mass is 16.5. The molecule has 4 N–H and O–H groups in total. The summed E-state index contributed by atoms with van der Waals surface area (Å²) in [5, 5.41) is 13.9. The Morgan fingerprint density at radius 1 is 1.56 bits per heavy atom. The van der Waals surface area contributed by atoms with Crippen LogP contribution in [0.25, 0.3) is 0 Å². The van der Waals surface area contributed by atoms with E-state index in [1.807, 2.05) is 6.92 Å². The van der Waals surface area contributed by atoms with E-state index in [1.165, 1.54) is 0 Å². The summed E-state index contributed by atoms with van der Waals surface area (Å²) in [5.41, 5.74) is 5.94. The minimum atomic E-state index is -0.0360. The number of nitrogens with one attached hydrogen (secondary N) is 1. The second kappa shape index (κ2) is 7.16. The molecule has 0 atom stereocenters. The lowest BCUT2D eigenvalue weighted by molar-refractivity contribution is -0.116. The summed E-state index contributed by atoms with van der Waals surface area (Å²) in [6.45, 7) is 1.93. The van der Waals surface area contributed by atoms with Crippen molar-refractivity contribution in [1.29, 1.82) is 0 Å². The Morgan fingerprint density at radius 3 is 3.00 bits per heavy atom. The molecule has 0 radical (unpaired) electrons. The largest absolute Gasteiger partial charge is 0.485 e. The molecule has 1 amide bonds. The summed E-state index contributed by atoms with van der Waals surface area (Å²) in [5.74, 6) is 0.484. The fourth-order valence-corrected chi connectivity index (χ4v) is 1.30. The molecule has 0 aromatic heterocycles. The lowest BCUT2D eigenvalue weighted by Gasteiger charge is -2.08. The highest BCUT2D eigenvalue weighted by molar-refractivity contribution is 5.90. The molecular formula is C12H17N3O3. The van der Waals surface area contributed by atoms with Crippen LogP contribution in [0.4, 0.5) is 5.69 Å². The van der Waals surface area contributed by atoms with Gasteiger partial charge in [0.05, 0.1) is 0 Å². The number of anilines is 1. The zero-order chi connectivity index (χ0) is 13.4. The van der Waals surface area contributed by atoms with Gasteiger partial charge in [0.25, 0.3) is 0 Å². The zero-order valence-electron chi connectivity index (χ0n) is 10.2. The van der Waals surface area contributed by atoms with Crippen LogP contribution in [-0.4, -0.2) is 23.6 Å². The third-order valence-corrected chi connectivity index (χ3v) is 2.11. The van der Waals surface area contributed by atoms with Crippen molar-refractivity contribution in [1.82, 2.24) is 0 Å². The van der Waals surface area contributed by atoms with Gasteiger partial charge in [-0.2, -0.15) is 0 Å². The van der Waals surface area contributed by atoms with E-state index in [0.29, 0.717) is 17.9 Å². The highest BCUT2D eigenvalue weighted by Gasteiger charge is 2.02. The van der Waals surface area contributed by atoms with E-state index in [9.17, 15) is 4.79 Å². The molecule has 0 unspecified atom stereocenters.